The average molecular weight is 256 g/mol. The summed E-state index contributed by atoms with van der Waals surface area (Å²) in [6.07, 6.45) is 4.52. The van der Waals surface area contributed by atoms with E-state index in [1.807, 2.05) is 13.1 Å². The molecule has 1 heterocycles. The Balaban J connectivity index is 1.83. The minimum absolute atomic E-state index is 0.536. The summed E-state index contributed by atoms with van der Waals surface area (Å²) in [5.74, 6) is 2.13. The molecular weight excluding hydrogens is 236 g/mol. The van der Waals surface area contributed by atoms with E-state index < -0.39 is 0 Å². The SMILES string of the molecule is CNc1cncc(NCCC(C)c2ccccc2)n1. The Hall–Kier alpha value is -2.10. The van der Waals surface area contributed by atoms with Crippen molar-refractivity contribution in [2.24, 2.45) is 0 Å². The first-order valence-corrected chi connectivity index (χ1v) is 6.58. The zero-order valence-corrected chi connectivity index (χ0v) is 11.4. The van der Waals surface area contributed by atoms with Gasteiger partial charge in [-0.2, -0.15) is 0 Å². The van der Waals surface area contributed by atoms with E-state index in [-0.39, 0.29) is 0 Å². The molecule has 100 valence electrons. The van der Waals surface area contributed by atoms with Crippen LogP contribution in [-0.2, 0) is 0 Å². The Morgan fingerprint density at radius 3 is 2.58 bits per heavy atom. The molecule has 1 aromatic carbocycles. The Morgan fingerprint density at radius 1 is 1.11 bits per heavy atom. The van der Waals surface area contributed by atoms with Crippen LogP contribution in [0.1, 0.15) is 24.8 Å². The topological polar surface area (TPSA) is 49.8 Å². The van der Waals surface area contributed by atoms with Gasteiger partial charge in [0.15, 0.2) is 0 Å². The van der Waals surface area contributed by atoms with Gasteiger partial charge in [0.25, 0.3) is 0 Å². The molecule has 0 aliphatic carbocycles. The van der Waals surface area contributed by atoms with E-state index in [1.165, 1.54) is 5.56 Å². The lowest BCUT2D eigenvalue weighted by atomic mass is 9.98. The van der Waals surface area contributed by atoms with Crippen LogP contribution in [0, 0.1) is 0 Å². The van der Waals surface area contributed by atoms with Gasteiger partial charge in [-0.25, -0.2) is 4.98 Å². The Kier molecular flexibility index (Phi) is 4.72. The summed E-state index contributed by atoms with van der Waals surface area (Å²) in [6.45, 7) is 3.13. The number of nitrogens with zero attached hydrogens (tertiary/aromatic N) is 2. The quantitative estimate of drug-likeness (QED) is 0.833. The van der Waals surface area contributed by atoms with Crippen LogP contribution in [0.5, 0.6) is 0 Å². The van der Waals surface area contributed by atoms with Crippen LogP contribution in [0.25, 0.3) is 0 Å². The fourth-order valence-electron chi connectivity index (χ4n) is 1.94. The molecule has 0 saturated heterocycles. The van der Waals surface area contributed by atoms with E-state index in [0.29, 0.717) is 5.92 Å². The smallest absolute Gasteiger partial charge is 0.146 e. The Bertz CT molecular complexity index is 499. The number of anilines is 2. The molecule has 1 unspecified atom stereocenters. The van der Waals surface area contributed by atoms with Crippen LogP contribution in [0.15, 0.2) is 42.7 Å². The van der Waals surface area contributed by atoms with Crippen molar-refractivity contribution in [1.29, 1.82) is 0 Å². The lowest BCUT2D eigenvalue weighted by molar-refractivity contribution is 0.704. The van der Waals surface area contributed by atoms with Crippen molar-refractivity contribution in [2.45, 2.75) is 19.3 Å². The van der Waals surface area contributed by atoms with Gasteiger partial charge >= 0.3 is 0 Å². The van der Waals surface area contributed by atoms with Crippen molar-refractivity contribution in [3.05, 3.63) is 48.3 Å². The first-order valence-electron chi connectivity index (χ1n) is 6.58. The molecule has 0 amide bonds. The standard InChI is InChI=1S/C15H20N4/c1-12(13-6-4-3-5-7-13)8-9-18-15-11-17-10-14(16-2)19-15/h3-7,10-12H,8-9H2,1-2H3,(H2,16,18,19). The highest BCUT2D eigenvalue weighted by Gasteiger charge is 2.04. The van der Waals surface area contributed by atoms with Gasteiger partial charge in [0.05, 0.1) is 12.4 Å². The van der Waals surface area contributed by atoms with Crippen molar-refractivity contribution in [1.82, 2.24) is 9.97 Å². The summed E-state index contributed by atoms with van der Waals surface area (Å²) in [4.78, 5) is 8.50. The fourth-order valence-corrected chi connectivity index (χ4v) is 1.94. The molecule has 2 aromatic rings. The highest BCUT2D eigenvalue weighted by atomic mass is 15.1. The Labute approximate surface area is 114 Å². The van der Waals surface area contributed by atoms with Crippen LogP contribution in [0.2, 0.25) is 0 Å². The highest BCUT2D eigenvalue weighted by Crippen LogP contribution is 2.18. The van der Waals surface area contributed by atoms with E-state index >= 15 is 0 Å². The van der Waals surface area contributed by atoms with E-state index in [9.17, 15) is 0 Å². The molecule has 0 bridgehead atoms. The molecule has 2 rings (SSSR count). The van der Waals surface area contributed by atoms with Gasteiger partial charge in [0, 0.05) is 13.6 Å². The number of benzene rings is 1. The van der Waals surface area contributed by atoms with Gasteiger partial charge in [-0.05, 0) is 17.9 Å². The minimum atomic E-state index is 0.536. The second-order valence-electron chi connectivity index (χ2n) is 4.57. The van der Waals surface area contributed by atoms with Crippen LogP contribution in [0.3, 0.4) is 0 Å². The molecular formula is C15H20N4. The van der Waals surface area contributed by atoms with Crippen molar-refractivity contribution in [3.63, 3.8) is 0 Å². The molecule has 4 nitrogen and oxygen atoms in total. The molecule has 0 aliphatic heterocycles. The molecule has 2 N–H and O–H groups in total. The predicted molar refractivity (Wildman–Crippen MR) is 79.5 cm³/mol. The monoisotopic (exact) mass is 256 g/mol. The number of nitrogens with one attached hydrogen (secondary N) is 2. The maximum Gasteiger partial charge on any atom is 0.146 e. The van der Waals surface area contributed by atoms with Crippen LogP contribution >= 0.6 is 0 Å². The third-order valence-corrected chi connectivity index (χ3v) is 3.14. The summed E-state index contributed by atoms with van der Waals surface area (Å²) in [5, 5.41) is 6.29. The largest absolute Gasteiger partial charge is 0.372 e. The van der Waals surface area contributed by atoms with Crippen LogP contribution in [0.4, 0.5) is 11.6 Å². The molecule has 0 radical (unpaired) electrons. The van der Waals surface area contributed by atoms with Gasteiger partial charge in [-0.3, -0.25) is 4.98 Å². The Morgan fingerprint density at radius 2 is 1.84 bits per heavy atom. The van der Waals surface area contributed by atoms with Gasteiger partial charge in [-0.1, -0.05) is 37.3 Å². The van der Waals surface area contributed by atoms with E-state index in [2.05, 4.69) is 51.8 Å². The molecule has 1 atom stereocenters. The van der Waals surface area contributed by atoms with Crippen molar-refractivity contribution < 1.29 is 0 Å². The summed E-state index contributed by atoms with van der Waals surface area (Å²) in [6, 6.07) is 10.6. The summed E-state index contributed by atoms with van der Waals surface area (Å²) < 4.78 is 0. The number of hydrogen-bond acceptors (Lipinski definition) is 4. The van der Waals surface area contributed by atoms with E-state index in [0.717, 1.165) is 24.6 Å². The molecule has 0 saturated carbocycles. The van der Waals surface area contributed by atoms with Gasteiger partial charge in [0.2, 0.25) is 0 Å². The molecule has 4 heteroatoms. The fraction of sp³-hybridized carbons (Fsp3) is 0.333. The molecule has 19 heavy (non-hydrogen) atoms. The zero-order chi connectivity index (χ0) is 13.5. The van der Waals surface area contributed by atoms with Gasteiger partial charge in [-0.15, -0.1) is 0 Å². The molecule has 0 spiro atoms. The zero-order valence-electron chi connectivity index (χ0n) is 11.4. The summed E-state index contributed by atoms with van der Waals surface area (Å²) in [7, 11) is 1.84. The predicted octanol–water partition coefficient (Wildman–Crippen LogP) is 3.12. The van der Waals surface area contributed by atoms with Crippen molar-refractivity contribution in [3.8, 4) is 0 Å². The molecule has 1 aromatic heterocycles. The third-order valence-electron chi connectivity index (χ3n) is 3.14. The number of aromatic nitrogens is 2. The summed E-state index contributed by atoms with van der Waals surface area (Å²) >= 11 is 0. The molecule has 0 fully saturated rings. The first kappa shape index (κ1) is 13.3. The molecule has 0 aliphatic rings. The lowest BCUT2D eigenvalue weighted by Gasteiger charge is -2.12. The maximum atomic E-state index is 4.38. The maximum absolute atomic E-state index is 4.38. The number of rotatable bonds is 6. The number of hydrogen-bond donors (Lipinski definition) is 2. The first-order chi connectivity index (χ1) is 9.29. The minimum Gasteiger partial charge on any atom is -0.372 e. The second-order valence-corrected chi connectivity index (χ2v) is 4.57. The van der Waals surface area contributed by atoms with Gasteiger partial charge < -0.3 is 10.6 Å². The van der Waals surface area contributed by atoms with E-state index in [4.69, 9.17) is 0 Å². The second kappa shape index (κ2) is 6.73. The highest BCUT2D eigenvalue weighted by molar-refractivity contribution is 5.40. The third kappa shape index (κ3) is 3.95. The lowest BCUT2D eigenvalue weighted by Crippen LogP contribution is -2.08. The van der Waals surface area contributed by atoms with Crippen LogP contribution < -0.4 is 10.6 Å². The summed E-state index contributed by atoms with van der Waals surface area (Å²) in [5.41, 5.74) is 1.37. The average Bonchev–Trinajstić information content (AvgIpc) is 2.48. The van der Waals surface area contributed by atoms with Crippen LogP contribution in [-0.4, -0.2) is 23.6 Å². The van der Waals surface area contributed by atoms with Crippen molar-refractivity contribution >= 4 is 11.6 Å². The normalized spacial score (nSPS) is 11.9. The van der Waals surface area contributed by atoms with Crippen molar-refractivity contribution in [2.75, 3.05) is 24.2 Å². The van der Waals surface area contributed by atoms with Gasteiger partial charge in [0.1, 0.15) is 11.6 Å². The van der Waals surface area contributed by atoms with E-state index in [1.54, 1.807) is 12.4 Å².